The largest absolute Gasteiger partial charge is 0.372 e. The van der Waals surface area contributed by atoms with E-state index in [9.17, 15) is 4.79 Å². The van der Waals surface area contributed by atoms with Gasteiger partial charge in [0.25, 0.3) is 0 Å². The van der Waals surface area contributed by atoms with Gasteiger partial charge in [0.05, 0.1) is 6.54 Å². The minimum absolute atomic E-state index is 0.0424. The number of nitrogens with one attached hydrogen (secondary N) is 2. The topological polar surface area (TPSA) is 44.4 Å². The summed E-state index contributed by atoms with van der Waals surface area (Å²) in [6, 6.07) is 8.74. The van der Waals surface area contributed by atoms with E-state index in [1.807, 2.05) is 12.1 Å². The van der Waals surface area contributed by atoms with E-state index in [1.54, 1.807) is 0 Å². The standard InChI is InChI=1S/C15H21N3O/c19-15(11-16-12-3-4-12)17-13-5-7-14(8-6-13)18-9-1-2-10-18/h5-8,12,16H,1-4,9-11H2,(H,17,19). The molecule has 102 valence electrons. The highest BCUT2D eigenvalue weighted by Crippen LogP contribution is 2.22. The normalized spacial score (nSPS) is 18.6. The third-order valence-corrected chi connectivity index (χ3v) is 3.75. The molecule has 1 aliphatic heterocycles. The van der Waals surface area contributed by atoms with Crippen molar-refractivity contribution in [1.29, 1.82) is 0 Å². The van der Waals surface area contributed by atoms with E-state index in [0.29, 0.717) is 12.6 Å². The minimum Gasteiger partial charge on any atom is -0.372 e. The van der Waals surface area contributed by atoms with Crippen molar-refractivity contribution in [2.75, 3.05) is 29.9 Å². The fraction of sp³-hybridized carbons (Fsp3) is 0.533. The van der Waals surface area contributed by atoms with Crippen molar-refractivity contribution in [2.45, 2.75) is 31.7 Å². The van der Waals surface area contributed by atoms with Gasteiger partial charge < -0.3 is 15.5 Å². The summed E-state index contributed by atoms with van der Waals surface area (Å²) in [4.78, 5) is 14.1. The van der Waals surface area contributed by atoms with Crippen molar-refractivity contribution in [3.63, 3.8) is 0 Å². The maximum absolute atomic E-state index is 11.7. The van der Waals surface area contributed by atoms with Crippen LogP contribution in [0, 0.1) is 0 Å². The van der Waals surface area contributed by atoms with Crippen molar-refractivity contribution >= 4 is 17.3 Å². The zero-order valence-corrected chi connectivity index (χ0v) is 11.2. The van der Waals surface area contributed by atoms with E-state index in [2.05, 4.69) is 27.7 Å². The number of amides is 1. The molecule has 0 aromatic heterocycles. The summed E-state index contributed by atoms with van der Waals surface area (Å²) in [7, 11) is 0. The first-order valence-corrected chi connectivity index (χ1v) is 7.19. The SMILES string of the molecule is O=C(CNC1CC1)Nc1ccc(N2CCCC2)cc1. The van der Waals surface area contributed by atoms with Gasteiger partial charge >= 0.3 is 0 Å². The lowest BCUT2D eigenvalue weighted by molar-refractivity contribution is -0.115. The van der Waals surface area contributed by atoms with Crippen LogP contribution in [0.2, 0.25) is 0 Å². The first-order chi connectivity index (χ1) is 9.31. The average Bonchev–Trinajstić information content (AvgIpc) is 3.10. The zero-order chi connectivity index (χ0) is 13.1. The molecule has 0 atom stereocenters. The molecule has 1 aromatic carbocycles. The molecule has 0 spiro atoms. The van der Waals surface area contributed by atoms with E-state index in [-0.39, 0.29) is 5.91 Å². The van der Waals surface area contributed by atoms with Crippen LogP contribution in [0.4, 0.5) is 11.4 Å². The molecule has 1 aromatic rings. The van der Waals surface area contributed by atoms with E-state index >= 15 is 0 Å². The van der Waals surface area contributed by atoms with Crippen LogP contribution in [0.1, 0.15) is 25.7 Å². The van der Waals surface area contributed by atoms with Gasteiger partial charge in [0.2, 0.25) is 5.91 Å². The summed E-state index contributed by atoms with van der Waals surface area (Å²) >= 11 is 0. The third kappa shape index (κ3) is 3.47. The fourth-order valence-electron chi connectivity index (χ4n) is 2.46. The van der Waals surface area contributed by atoms with Gasteiger partial charge in [0, 0.05) is 30.5 Å². The number of nitrogens with zero attached hydrogens (tertiary/aromatic N) is 1. The van der Waals surface area contributed by atoms with Crippen LogP contribution in [-0.4, -0.2) is 31.6 Å². The molecule has 19 heavy (non-hydrogen) atoms. The molecule has 1 aliphatic carbocycles. The Labute approximate surface area is 114 Å². The van der Waals surface area contributed by atoms with Gasteiger partial charge in [-0.3, -0.25) is 4.79 Å². The van der Waals surface area contributed by atoms with Crippen LogP contribution in [0.25, 0.3) is 0 Å². The highest BCUT2D eigenvalue weighted by molar-refractivity contribution is 5.92. The molecule has 1 heterocycles. The smallest absolute Gasteiger partial charge is 0.238 e. The molecule has 4 heteroatoms. The highest BCUT2D eigenvalue weighted by atomic mass is 16.1. The second-order valence-electron chi connectivity index (χ2n) is 5.44. The van der Waals surface area contributed by atoms with Crippen LogP contribution < -0.4 is 15.5 Å². The summed E-state index contributed by atoms with van der Waals surface area (Å²) in [5.74, 6) is 0.0424. The zero-order valence-electron chi connectivity index (χ0n) is 11.2. The molecule has 2 fully saturated rings. The van der Waals surface area contributed by atoms with Crippen molar-refractivity contribution < 1.29 is 4.79 Å². The summed E-state index contributed by atoms with van der Waals surface area (Å²) in [5.41, 5.74) is 2.14. The molecule has 0 radical (unpaired) electrons. The molecule has 1 saturated heterocycles. The number of hydrogen-bond donors (Lipinski definition) is 2. The number of benzene rings is 1. The Balaban J connectivity index is 1.51. The minimum atomic E-state index is 0.0424. The predicted octanol–water partition coefficient (Wildman–Crippen LogP) is 1.98. The van der Waals surface area contributed by atoms with Gasteiger partial charge in [-0.05, 0) is 49.9 Å². The van der Waals surface area contributed by atoms with E-state index in [4.69, 9.17) is 0 Å². The Bertz CT molecular complexity index is 433. The molecule has 1 amide bonds. The Hall–Kier alpha value is -1.55. The molecule has 0 unspecified atom stereocenters. The van der Waals surface area contributed by atoms with Gasteiger partial charge in [-0.1, -0.05) is 0 Å². The van der Waals surface area contributed by atoms with Crippen LogP contribution >= 0.6 is 0 Å². The molecule has 4 nitrogen and oxygen atoms in total. The molecular formula is C15H21N3O. The van der Waals surface area contributed by atoms with Gasteiger partial charge in [-0.25, -0.2) is 0 Å². The van der Waals surface area contributed by atoms with E-state index < -0.39 is 0 Å². The summed E-state index contributed by atoms with van der Waals surface area (Å²) < 4.78 is 0. The lowest BCUT2D eigenvalue weighted by atomic mass is 10.2. The molecule has 2 aliphatic rings. The van der Waals surface area contributed by atoms with Crippen LogP contribution in [0.15, 0.2) is 24.3 Å². The van der Waals surface area contributed by atoms with Crippen molar-refractivity contribution in [3.05, 3.63) is 24.3 Å². The van der Waals surface area contributed by atoms with E-state index in [1.165, 1.54) is 31.4 Å². The summed E-state index contributed by atoms with van der Waals surface area (Å²) in [6.45, 7) is 2.71. The van der Waals surface area contributed by atoms with E-state index in [0.717, 1.165) is 18.8 Å². The quantitative estimate of drug-likeness (QED) is 0.850. The Morgan fingerprint density at radius 3 is 2.47 bits per heavy atom. The monoisotopic (exact) mass is 259 g/mol. The van der Waals surface area contributed by atoms with Gasteiger partial charge in [0.1, 0.15) is 0 Å². The Kier molecular flexibility index (Phi) is 3.69. The maximum Gasteiger partial charge on any atom is 0.238 e. The molecule has 2 N–H and O–H groups in total. The lowest BCUT2D eigenvalue weighted by Gasteiger charge is -2.17. The fourth-order valence-corrected chi connectivity index (χ4v) is 2.46. The third-order valence-electron chi connectivity index (χ3n) is 3.75. The maximum atomic E-state index is 11.7. The first kappa shape index (κ1) is 12.5. The number of carbonyl (C=O) groups is 1. The average molecular weight is 259 g/mol. The van der Waals surface area contributed by atoms with Crippen LogP contribution in [-0.2, 0) is 4.79 Å². The molecule has 0 bridgehead atoms. The highest BCUT2D eigenvalue weighted by Gasteiger charge is 2.21. The van der Waals surface area contributed by atoms with Gasteiger partial charge in [-0.15, -0.1) is 0 Å². The summed E-state index contributed by atoms with van der Waals surface area (Å²) in [6.07, 6.45) is 4.98. The van der Waals surface area contributed by atoms with Gasteiger partial charge in [-0.2, -0.15) is 0 Å². The van der Waals surface area contributed by atoms with Crippen molar-refractivity contribution in [2.24, 2.45) is 0 Å². The lowest BCUT2D eigenvalue weighted by Crippen LogP contribution is -2.29. The molecule has 1 saturated carbocycles. The van der Waals surface area contributed by atoms with Crippen LogP contribution in [0.5, 0.6) is 0 Å². The predicted molar refractivity (Wildman–Crippen MR) is 77.5 cm³/mol. The number of carbonyl (C=O) groups excluding carboxylic acids is 1. The second-order valence-corrected chi connectivity index (χ2v) is 5.44. The first-order valence-electron chi connectivity index (χ1n) is 7.19. The number of hydrogen-bond acceptors (Lipinski definition) is 3. The van der Waals surface area contributed by atoms with Crippen molar-refractivity contribution in [3.8, 4) is 0 Å². The molecular weight excluding hydrogens is 238 g/mol. The number of anilines is 2. The van der Waals surface area contributed by atoms with Crippen molar-refractivity contribution in [1.82, 2.24) is 5.32 Å². The van der Waals surface area contributed by atoms with Crippen LogP contribution in [0.3, 0.4) is 0 Å². The van der Waals surface area contributed by atoms with Gasteiger partial charge in [0.15, 0.2) is 0 Å². The number of rotatable bonds is 5. The Morgan fingerprint density at radius 2 is 1.84 bits per heavy atom. The molecule has 3 rings (SSSR count). The second kappa shape index (κ2) is 5.61. The Morgan fingerprint density at radius 1 is 1.16 bits per heavy atom. The summed E-state index contributed by atoms with van der Waals surface area (Å²) in [5, 5.41) is 6.14.